The summed E-state index contributed by atoms with van der Waals surface area (Å²) in [6.45, 7) is 1.25. The Morgan fingerprint density at radius 3 is 2.62 bits per heavy atom. The standard InChI is InChI=1S/C16H18ClN3O/c1-20(15-5-3-2-4-6-15)8-7-19-16(21)12-9-13(17)11-14(18)10-12/h2-6,9-11H,7-8,18H2,1H3,(H,19,21). The smallest absolute Gasteiger partial charge is 0.251 e. The second kappa shape index (κ2) is 6.99. The van der Waals surface area contributed by atoms with Crippen LogP contribution in [0, 0.1) is 0 Å². The van der Waals surface area contributed by atoms with Crippen molar-refractivity contribution in [3.63, 3.8) is 0 Å². The van der Waals surface area contributed by atoms with Gasteiger partial charge >= 0.3 is 0 Å². The molecule has 0 radical (unpaired) electrons. The number of nitrogens with zero attached hydrogens (tertiary/aromatic N) is 1. The molecule has 0 spiro atoms. The first-order valence-corrected chi connectivity index (χ1v) is 7.04. The summed E-state index contributed by atoms with van der Waals surface area (Å²) in [4.78, 5) is 14.1. The molecular weight excluding hydrogens is 286 g/mol. The number of carbonyl (C=O) groups excluding carboxylic acids is 1. The average molecular weight is 304 g/mol. The van der Waals surface area contributed by atoms with Gasteiger partial charge in [-0.1, -0.05) is 29.8 Å². The number of nitrogens with one attached hydrogen (secondary N) is 1. The number of rotatable bonds is 5. The van der Waals surface area contributed by atoms with Gasteiger partial charge < -0.3 is 16.0 Å². The lowest BCUT2D eigenvalue weighted by Crippen LogP contribution is -2.33. The Labute approximate surface area is 129 Å². The van der Waals surface area contributed by atoms with Gasteiger partial charge in [0, 0.05) is 42.1 Å². The van der Waals surface area contributed by atoms with Gasteiger partial charge in [-0.15, -0.1) is 0 Å². The van der Waals surface area contributed by atoms with Crippen molar-refractivity contribution in [1.29, 1.82) is 0 Å². The summed E-state index contributed by atoms with van der Waals surface area (Å²) < 4.78 is 0. The van der Waals surface area contributed by atoms with E-state index in [9.17, 15) is 4.79 Å². The zero-order chi connectivity index (χ0) is 15.2. The number of carbonyl (C=O) groups is 1. The van der Waals surface area contributed by atoms with Gasteiger partial charge in [-0.2, -0.15) is 0 Å². The molecule has 4 nitrogen and oxygen atoms in total. The van der Waals surface area contributed by atoms with Crippen molar-refractivity contribution in [2.24, 2.45) is 0 Å². The Morgan fingerprint density at radius 2 is 1.95 bits per heavy atom. The highest BCUT2D eigenvalue weighted by Gasteiger charge is 2.07. The second-order valence-corrected chi connectivity index (χ2v) is 5.22. The highest BCUT2D eigenvalue weighted by Crippen LogP contribution is 2.16. The molecule has 0 aliphatic rings. The molecule has 2 rings (SSSR count). The van der Waals surface area contributed by atoms with Crippen molar-refractivity contribution < 1.29 is 4.79 Å². The van der Waals surface area contributed by atoms with Crippen molar-refractivity contribution in [2.45, 2.75) is 0 Å². The molecule has 5 heteroatoms. The minimum atomic E-state index is -0.175. The molecule has 3 N–H and O–H groups in total. The Bertz CT molecular complexity index is 596. The average Bonchev–Trinajstić information content (AvgIpc) is 2.47. The Balaban J connectivity index is 1.87. The maximum atomic E-state index is 12.0. The van der Waals surface area contributed by atoms with Crippen molar-refractivity contribution in [3.8, 4) is 0 Å². The molecule has 0 saturated heterocycles. The van der Waals surface area contributed by atoms with Crippen molar-refractivity contribution in [2.75, 3.05) is 30.8 Å². The lowest BCUT2D eigenvalue weighted by Gasteiger charge is -2.19. The molecule has 0 aliphatic heterocycles. The quantitative estimate of drug-likeness (QED) is 0.835. The van der Waals surface area contributed by atoms with Crippen LogP contribution in [0.4, 0.5) is 11.4 Å². The summed E-state index contributed by atoms with van der Waals surface area (Å²) in [6, 6.07) is 14.8. The first-order valence-electron chi connectivity index (χ1n) is 6.67. The topological polar surface area (TPSA) is 58.4 Å². The molecule has 0 fully saturated rings. The summed E-state index contributed by atoms with van der Waals surface area (Å²) in [5, 5.41) is 3.32. The first kappa shape index (κ1) is 15.2. The number of benzene rings is 2. The van der Waals surface area contributed by atoms with E-state index in [0.717, 1.165) is 5.69 Å². The van der Waals surface area contributed by atoms with E-state index >= 15 is 0 Å². The summed E-state index contributed by atoms with van der Waals surface area (Å²) in [7, 11) is 1.98. The van der Waals surface area contributed by atoms with Crippen LogP contribution in [0.2, 0.25) is 5.02 Å². The number of hydrogen-bond acceptors (Lipinski definition) is 3. The SMILES string of the molecule is CN(CCNC(=O)c1cc(N)cc(Cl)c1)c1ccccc1. The van der Waals surface area contributed by atoms with Crippen molar-refractivity contribution >= 4 is 28.9 Å². The number of nitrogen functional groups attached to an aromatic ring is 1. The minimum absolute atomic E-state index is 0.175. The number of likely N-dealkylation sites (N-methyl/N-ethyl adjacent to an activating group) is 1. The summed E-state index contributed by atoms with van der Waals surface area (Å²) >= 11 is 5.89. The fourth-order valence-electron chi connectivity index (χ4n) is 1.99. The summed E-state index contributed by atoms with van der Waals surface area (Å²) in [6.07, 6.45) is 0. The normalized spacial score (nSPS) is 10.2. The third-order valence-electron chi connectivity index (χ3n) is 3.11. The minimum Gasteiger partial charge on any atom is -0.399 e. The molecule has 0 aliphatic carbocycles. The fourth-order valence-corrected chi connectivity index (χ4v) is 2.24. The molecule has 1 amide bonds. The van der Waals surface area contributed by atoms with Crippen LogP contribution < -0.4 is 16.0 Å². The molecule has 2 aromatic rings. The molecule has 0 aromatic heterocycles. The largest absolute Gasteiger partial charge is 0.399 e. The summed E-state index contributed by atoms with van der Waals surface area (Å²) in [5.41, 5.74) is 7.74. The Hall–Kier alpha value is -2.20. The number of hydrogen-bond donors (Lipinski definition) is 2. The van der Waals surface area contributed by atoms with Gasteiger partial charge in [0.1, 0.15) is 0 Å². The van der Waals surface area contributed by atoms with Crippen LogP contribution >= 0.6 is 11.6 Å². The molecule has 2 aromatic carbocycles. The molecular formula is C16H18ClN3O. The third-order valence-corrected chi connectivity index (χ3v) is 3.33. The van der Waals surface area contributed by atoms with Gasteiger partial charge in [0.25, 0.3) is 5.91 Å². The zero-order valence-electron chi connectivity index (χ0n) is 11.8. The van der Waals surface area contributed by atoms with E-state index in [1.807, 2.05) is 37.4 Å². The van der Waals surface area contributed by atoms with Gasteiger partial charge in [0.15, 0.2) is 0 Å². The molecule has 110 valence electrons. The van der Waals surface area contributed by atoms with Crippen LogP contribution in [0.15, 0.2) is 48.5 Å². The van der Waals surface area contributed by atoms with E-state index in [2.05, 4.69) is 10.2 Å². The Kier molecular flexibility index (Phi) is 5.06. The molecule has 0 saturated carbocycles. The monoisotopic (exact) mass is 303 g/mol. The molecule has 0 unspecified atom stereocenters. The maximum Gasteiger partial charge on any atom is 0.251 e. The number of amides is 1. The van der Waals surface area contributed by atoms with E-state index in [0.29, 0.717) is 29.4 Å². The van der Waals surface area contributed by atoms with Gasteiger partial charge in [0.05, 0.1) is 0 Å². The third kappa shape index (κ3) is 4.39. The van der Waals surface area contributed by atoms with Crippen LogP contribution in [0.3, 0.4) is 0 Å². The predicted octanol–water partition coefficient (Wildman–Crippen LogP) is 2.79. The number of nitrogens with two attached hydrogens (primary N) is 1. The van der Waals surface area contributed by atoms with Crippen LogP contribution in [0.1, 0.15) is 10.4 Å². The van der Waals surface area contributed by atoms with Crippen LogP contribution in [-0.4, -0.2) is 26.0 Å². The first-order chi connectivity index (χ1) is 10.1. The molecule has 0 bridgehead atoms. The van der Waals surface area contributed by atoms with Crippen LogP contribution in [0.25, 0.3) is 0 Å². The van der Waals surface area contributed by atoms with E-state index < -0.39 is 0 Å². The van der Waals surface area contributed by atoms with Crippen molar-refractivity contribution in [1.82, 2.24) is 5.32 Å². The fraction of sp³-hybridized carbons (Fsp3) is 0.188. The van der Waals surface area contributed by atoms with E-state index in [-0.39, 0.29) is 5.91 Å². The maximum absolute atomic E-state index is 12.0. The summed E-state index contributed by atoms with van der Waals surface area (Å²) in [5.74, 6) is -0.175. The molecule has 0 heterocycles. The predicted molar refractivity (Wildman–Crippen MR) is 87.9 cm³/mol. The van der Waals surface area contributed by atoms with Gasteiger partial charge in [-0.3, -0.25) is 4.79 Å². The highest BCUT2D eigenvalue weighted by molar-refractivity contribution is 6.31. The molecule has 21 heavy (non-hydrogen) atoms. The lowest BCUT2D eigenvalue weighted by atomic mass is 10.2. The van der Waals surface area contributed by atoms with Gasteiger partial charge in [0.2, 0.25) is 0 Å². The Morgan fingerprint density at radius 1 is 1.24 bits per heavy atom. The van der Waals surface area contributed by atoms with E-state index in [1.54, 1.807) is 18.2 Å². The molecule has 0 atom stereocenters. The van der Waals surface area contributed by atoms with Crippen molar-refractivity contribution in [3.05, 3.63) is 59.1 Å². The van der Waals surface area contributed by atoms with Crippen LogP contribution in [0.5, 0.6) is 0 Å². The van der Waals surface area contributed by atoms with E-state index in [1.165, 1.54) is 0 Å². The van der Waals surface area contributed by atoms with Gasteiger partial charge in [-0.25, -0.2) is 0 Å². The number of para-hydroxylation sites is 1. The zero-order valence-corrected chi connectivity index (χ0v) is 12.6. The number of halogens is 1. The second-order valence-electron chi connectivity index (χ2n) is 4.79. The van der Waals surface area contributed by atoms with E-state index in [4.69, 9.17) is 17.3 Å². The number of anilines is 2. The van der Waals surface area contributed by atoms with Crippen LogP contribution in [-0.2, 0) is 0 Å². The van der Waals surface area contributed by atoms with Gasteiger partial charge in [-0.05, 0) is 30.3 Å². The lowest BCUT2D eigenvalue weighted by molar-refractivity contribution is 0.0955. The highest BCUT2D eigenvalue weighted by atomic mass is 35.5.